The molecule has 5 heteroatoms. The van der Waals surface area contributed by atoms with Gasteiger partial charge >= 0.3 is 0 Å². The van der Waals surface area contributed by atoms with Crippen LogP contribution in [-0.2, 0) is 6.42 Å². The molecular weight excluding hydrogens is 228 g/mol. The Balaban J connectivity index is 2.11. The van der Waals surface area contributed by atoms with Crippen molar-refractivity contribution in [3.63, 3.8) is 0 Å². The fourth-order valence-electron chi connectivity index (χ4n) is 1.46. The topological polar surface area (TPSA) is 84.0 Å². The highest BCUT2D eigenvalue weighted by Crippen LogP contribution is 2.22. The van der Waals surface area contributed by atoms with Crippen molar-refractivity contribution in [2.24, 2.45) is 5.84 Å². The standard InChI is InChI=1S/C13H12N4O/c14-7-5-10-1-3-11(4-2-10)18-12-6-8-16-13(9-12)17-15/h1-4,6,8-9H,5,15H2,(H,16,17). The SMILES string of the molecule is N#CCc1ccc(Oc2ccnc(NN)c2)cc1. The molecule has 1 aromatic heterocycles. The number of nitrogens with zero attached hydrogens (tertiary/aromatic N) is 2. The molecule has 18 heavy (non-hydrogen) atoms. The molecule has 1 heterocycles. The molecule has 0 aliphatic heterocycles. The van der Waals surface area contributed by atoms with Gasteiger partial charge in [0, 0.05) is 12.3 Å². The van der Waals surface area contributed by atoms with Gasteiger partial charge in [0.15, 0.2) is 0 Å². The van der Waals surface area contributed by atoms with E-state index in [2.05, 4.69) is 16.5 Å². The number of aromatic nitrogens is 1. The Kier molecular flexibility index (Phi) is 3.74. The molecule has 3 N–H and O–H groups in total. The van der Waals surface area contributed by atoms with Gasteiger partial charge in [0.2, 0.25) is 0 Å². The predicted molar refractivity (Wildman–Crippen MR) is 67.9 cm³/mol. The molecule has 0 spiro atoms. The molecule has 0 aliphatic carbocycles. The summed E-state index contributed by atoms with van der Waals surface area (Å²) >= 11 is 0. The maximum atomic E-state index is 8.57. The molecule has 0 bridgehead atoms. The average molecular weight is 240 g/mol. The summed E-state index contributed by atoms with van der Waals surface area (Å²) in [5.41, 5.74) is 3.41. The zero-order chi connectivity index (χ0) is 12.8. The van der Waals surface area contributed by atoms with E-state index >= 15 is 0 Å². The molecule has 0 amide bonds. The first-order chi connectivity index (χ1) is 8.81. The number of hydrogen-bond donors (Lipinski definition) is 2. The van der Waals surface area contributed by atoms with Gasteiger partial charge in [0.1, 0.15) is 17.3 Å². The van der Waals surface area contributed by atoms with Crippen molar-refractivity contribution >= 4 is 5.82 Å². The normalized spacial score (nSPS) is 9.56. The number of ether oxygens (including phenoxy) is 1. The summed E-state index contributed by atoms with van der Waals surface area (Å²) in [6, 6.07) is 12.9. The number of nitrogens with one attached hydrogen (secondary N) is 1. The first kappa shape index (κ1) is 11.9. The maximum Gasteiger partial charge on any atom is 0.143 e. The molecule has 0 radical (unpaired) electrons. The predicted octanol–water partition coefficient (Wildman–Crippen LogP) is 2.23. The van der Waals surface area contributed by atoms with E-state index in [0.717, 1.165) is 5.56 Å². The number of hydrazine groups is 1. The minimum atomic E-state index is 0.400. The number of nitrogen functional groups attached to an aromatic ring is 1. The Morgan fingerprint density at radius 3 is 2.67 bits per heavy atom. The van der Waals surface area contributed by atoms with Crippen molar-refractivity contribution in [3.8, 4) is 17.6 Å². The average Bonchev–Trinajstić information content (AvgIpc) is 2.42. The number of benzene rings is 1. The van der Waals surface area contributed by atoms with Gasteiger partial charge in [-0.05, 0) is 23.8 Å². The second-order valence-electron chi connectivity index (χ2n) is 3.60. The van der Waals surface area contributed by atoms with E-state index in [4.69, 9.17) is 15.8 Å². The zero-order valence-corrected chi connectivity index (χ0v) is 9.63. The largest absolute Gasteiger partial charge is 0.457 e. The molecule has 0 aliphatic rings. The minimum Gasteiger partial charge on any atom is -0.457 e. The van der Waals surface area contributed by atoms with Crippen LogP contribution >= 0.6 is 0 Å². The molecule has 5 nitrogen and oxygen atoms in total. The first-order valence-corrected chi connectivity index (χ1v) is 5.38. The van der Waals surface area contributed by atoms with Crippen LogP contribution in [-0.4, -0.2) is 4.98 Å². The lowest BCUT2D eigenvalue weighted by Gasteiger charge is -2.07. The van der Waals surface area contributed by atoms with E-state index in [1.807, 2.05) is 24.3 Å². The van der Waals surface area contributed by atoms with Crippen LogP contribution in [0.5, 0.6) is 11.5 Å². The summed E-state index contributed by atoms with van der Waals surface area (Å²) in [6.07, 6.45) is 2.01. The third kappa shape index (κ3) is 2.97. The third-order valence-corrected chi connectivity index (χ3v) is 2.32. The molecule has 0 fully saturated rings. The fraction of sp³-hybridized carbons (Fsp3) is 0.0769. The van der Waals surface area contributed by atoms with Crippen molar-refractivity contribution in [2.45, 2.75) is 6.42 Å². The lowest BCUT2D eigenvalue weighted by Crippen LogP contribution is -2.08. The summed E-state index contributed by atoms with van der Waals surface area (Å²) < 4.78 is 5.64. The van der Waals surface area contributed by atoms with Crippen molar-refractivity contribution in [1.29, 1.82) is 5.26 Å². The van der Waals surface area contributed by atoms with Gasteiger partial charge in [-0.2, -0.15) is 5.26 Å². The second kappa shape index (κ2) is 5.66. The van der Waals surface area contributed by atoms with Gasteiger partial charge in [-0.1, -0.05) is 12.1 Å². The number of hydrogen-bond acceptors (Lipinski definition) is 5. The Hall–Kier alpha value is -2.58. The minimum absolute atomic E-state index is 0.400. The number of rotatable bonds is 4. The quantitative estimate of drug-likeness (QED) is 0.632. The summed E-state index contributed by atoms with van der Waals surface area (Å²) in [5.74, 6) is 7.15. The van der Waals surface area contributed by atoms with Crippen molar-refractivity contribution < 1.29 is 4.74 Å². The molecule has 1 aromatic carbocycles. The van der Waals surface area contributed by atoms with Crippen LogP contribution < -0.4 is 16.0 Å². The van der Waals surface area contributed by atoms with Crippen LogP contribution in [0.2, 0.25) is 0 Å². The second-order valence-corrected chi connectivity index (χ2v) is 3.60. The lowest BCUT2D eigenvalue weighted by atomic mass is 10.2. The van der Waals surface area contributed by atoms with E-state index in [-0.39, 0.29) is 0 Å². The summed E-state index contributed by atoms with van der Waals surface area (Å²) in [7, 11) is 0. The highest BCUT2D eigenvalue weighted by molar-refractivity contribution is 5.41. The van der Waals surface area contributed by atoms with Crippen LogP contribution in [0.25, 0.3) is 0 Å². The summed E-state index contributed by atoms with van der Waals surface area (Å²) in [4.78, 5) is 3.99. The van der Waals surface area contributed by atoms with Gasteiger partial charge in [-0.25, -0.2) is 10.8 Å². The van der Waals surface area contributed by atoms with E-state index < -0.39 is 0 Å². The van der Waals surface area contributed by atoms with Crippen molar-refractivity contribution in [2.75, 3.05) is 5.43 Å². The molecule has 0 atom stereocenters. The van der Waals surface area contributed by atoms with Gasteiger partial charge in [0.05, 0.1) is 12.5 Å². The van der Waals surface area contributed by atoms with Gasteiger partial charge in [-0.15, -0.1) is 0 Å². The molecule has 2 aromatic rings. The Labute approximate surface area is 105 Å². The molecular formula is C13H12N4O. The third-order valence-electron chi connectivity index (χ3n) is 2.32. The molecule has 0 unspecified atom stereocenters. The van der Waals surface area contributed by atoms with E-state index in [1.165, 1.54) is 0 Å². The fourth-order valence-corrected chi connectivity index (χ4v) is 1.46. The number of nitriles is 1. The van der Waals surface area contributed by atoms with E-state index in [1.54, 1.807) is 18.3 Å². The summed E-state index contributed by atoms with van der Waals surface area (Å²) in [6.45, 7) is 0. The van der Waals surface area contributed by atoms with Crippen LogP contribution in [0.1, 0.15) is 5.56 Å². The number of pyridine rings is 1. The first-order valence-electron chi connectivity index (χ1n) is 5.38. The number of anilines is 1. The smallest absolute Gasteiger partial charge is 0.143 e. The van der Waals surface area contributed by atoms with Crippen molar-refractivity contribution in [3.05, 3.63) is 48.2 Å². The highest BCUT2D eigenvalue weighted by Gasteiger charge is 1.99. The Morgan fingerprint density at radius 1 is 1.22 bits per heavy atom. The van der Waals surface area contributed by atoms with Crippen LogP contribution in [0.3, 0.4) is 0 Å². The maximum absolute atomic E-state index is 8.57. The molecule has 90 valence electrons. The zero-order valence-electron chi connectivity index (χ0n) is 9.63. The van der Waals surface area contributed by atoms with Crippen molar-refractivity contribution in [1.82, 2.24) is 4.98 Å². The Morgan fingerprint density at radius 2 is 2.00 bits per heavy atom. The van der Waals surface area contributed by atoms with Crippen LogP contribution in [0, 0.1) is 11.3 Å². The molecule has 0 saturated heterocycles. The molecule has 2 rings (SSSR count). The monoisotopic (exact) mass is 240 g/mol. The molecule has 0 saturated carbocycles. The van der Waals surface area contributed by atoms with E-state index in [9.17, 15) is 0 Å². The van der Waals surface area contributed by atoms with Gasteiger partial charge in [0.25, 0.3) is 0 Å². The Bertz CT molecular complexity index is 560. The lowest BCUT2D eigenvalue weighted by molar-refractivity contribution is 0.482. The number of nitrogens with two attached hydrogens (primary N) is 1. The summed E-state index contributed by atoms with van der Waals surface area (Å²) in [5, 5.41) is 8.57. The van der Waals surface area contributed by atoms with Crippen LogP contribution in [0.15, 0.2) is 42.6 Å². The van der Waals surface area contributed by atoms with Crippen LogP contribution in [0.4, 0.5) is 5.82 Å². The van der Waals surface area contributed by atoms with E-state index in [0.29, 0.717) is 23.7 Å². The highest BCUT2D eigenvalue weighted by atomic mass is 16.5. The van der Waals surface area contributed by atoms with Gasteiger partial charge < -0.3 is 10.2 Å². The van der Waals surface area contributed by atoms with Gasteiger partial charge in [-0.3, -0.25) is 0 Å².